The number of fused-ring (bicyclic) bond motifs is 5. The Balaban J connectivity index is 0.000000251. The summed E-state index contributed by atoms with van der Waals surface area (Å²) in [6.45, 7) is 15.8. The van der Waals surface area contributed by atoms with Crippen LogP contribution < -0.4 is 4.40 Å². The number of hydrogen-bond donors (Lipinski definition) is 0. The number of pyridine rings is 2. The van der Waals surface area contributed by atoms with Crippen molar-refractivity contribution >= 4 is 71.3 Å². The average Bonchev–Trinajstić information content (AvgIpc) is 4.06. The van der Waals surface area contributed by atoms with Crippen LogP contribution in [0.25, 0.3) is 92.9 Å². The third-order valence-corrected chi connectivity index (χ3v) is 18.7. The number of benzene rings is 6. The van der Waals surface area contributed by atoms with Crippen LogP contribution in [0.5, 0.6) is 0 Å². The summed E-state index contributed by atoms with van der Waals surface area (Å²) in [5.74, 6) is 9.38. The van der Waals surface area contributed by atoms with E-state index in [0.717, 1.165) is 72.7 Å². The largest absolute Gasteiger partial charge is 0.557 e. The van der Waals surface area contributed by atoms with Crippen molar-refractivity contribution in [3.05, 3.63) is 187 Å². The maximum Gasteiger partial charge on any atom is 0.124 e. The van der Waals surface area contributed by atoms with Crippen molar-refractivity contribution in [2.45, 2.75) is 84.0 Å². The van der Waals surface area contributed by atoms with E-state index in [0.29, 0.717) is 5.92 Å². The molecule has 0 aliphatic carbocycles. The van der Waals surface area contributed by atoms with Crippen LogP contribution in [-0.2, 0) is 26.5 Å². The molecule has 6 aromatic carbocycles. The molecule has 0 saturated carbocycles. The van der Waals surface area contributed by atoms with Crippen molar-refractivity contribution in [3.8, 4) is 50.6 Å². The number of para-hydroxylation sites is 2. The first-order chi connectivity index (χ1) is 33.7. The first-order valence-electron chi connectivity index (χ1n) is 24.6. The molecule has 0 N–H and O–H groups in total. The van der Waals surface area contributed by atoms with Gasteiger partial charge in [-0.05, 0) is 101 Å². The second-order valence-electron chi connectivity index (χ2n) is 20.7. The van der Waals surface area contributed by atoms with E-state index >= 15 is 0 Å². The summed E-state index contributed by atoms with van der Waals surface area (Å²) < 4.78 is 11.3. The van der Waals surface area contributed by atoms with Gasteiger partial charge >= 0.3 is 126 Å². The molecule has 0 spiro atoms. The Bertz CT molecular complexity index is 3650. The number of aromatic nitrogens is 4. The second kappa shape index (κ2) is 20.6. The van der Waals surface area contributed by atoms with Crippen molar-refractivity contribution in [2.24, 2.45) is 5.92 Å². The molecule has 0 amide bonds. The Hall–Kier alpha value is -5.96. The minimum Gasteiger partial charge on any atom is -0.557 e. The van der Waals surface area contributed by atoms with Crippen molar-refractivity contribution in [2.75, 3.05) is 0 Å². The molecule has 0 fully saturated rings. The summed E-state index contributed by atoms with van der Waals surface area (Å²) in [6, 6.07) is 55.0. The zero-order valence-electron chi connectivity index (χ0n) is 42.3. The maximum atomic E-state index is 6.16. The van der Waals surface area contributed by atoms with Gasteiger partial charge in [0.15, 0.2) is 0 Å². The molecule has 8 heteroatoms. The zero-order chi connectivity index (χ0) is 48.8. The summed E-state index contributed by atoms with van der Waals surface area (Å²) >= 11 is -0.110. The van der Waals surface area contributed by atoms with Crippen molar-refractivity contribution in [1.82, 2.24) is 19.5 Å². The molecule has 0 unspecified atom stereocenters. The predicted molar refractivity (Wildman–Crippen MR) is 300 cm³/mol. The van der Waals surface area contributed by atoms with E-state index in [1.54, 1.807) is 15.7 Å². The van der Waals surface area contributed by atoms with Gasteiger partial charge < -0.3 is 8.98 Å². The molecule has 11 rings (SSSR count). The number of furan rings is 1. The Kier molecular flexibility index (Phi) is 14.5. The van der Waals surface area contributed by atoms with E-state index in [2.05, 4.69) is 209 Å². The first kappa shape index (κ1) is 50.0. The molecule has 5 aromatic heterocycles. The predicted octanol–water partition coefficient (Wildman–Crippen LogP) is 17.2. The molecule has 11 aromatic rings. The number of nitrogens with zero attached hydrogens (tertiary/aromatic N) is 4. The quantitative estimate of drug-likeness (QED) is 0.101. The molecule has 5 heterocycles. The zero-order valence-corrected chi connectivity index (χ0v) is 47.6. The molecule has 0 aliphatic heterocycles. The van der Waals surface area contributed by atoms with Crippen LogP contribution in [0.4, 0.5) is 0 Å². The fraction of sp³-hybridized carbons (Fsp3) is 0.222. The number of aryl methyl sites for hydroxylation is 1. The van der Waals surface area contributed by atoms with Crippen molar-refractivity contribution < 1.29 is 24.5 Å². The number of rotatable bonds is 10. The minimum absolute atomic E-state index is 0. The van der Waals surface area contributed by atoms with E-state index < -0.39 is 13.3 Å². The van der Waals surface area contributed by atoms with Gasteiger partial charge in [0.05, 0.1) is 16.9 Å². The van der Waals surface area contributed by atoms with Crippen molar-refractivity contribution in [1.29, 1.82) is 0 Å². The number of imidazole rings is 1. The van der Waals surface area contributed by atoms with Gasteiger partial charge in [-0.25, -0.2) is 4.98 Å². The Labute approximate surface area is 439 Å². The summed E-state index contributed by atoms with van der Waals surface area (Å²) in [4.78, 5) is 15.9. The van der Waals surface area contributed by atoms with E-state index in [1.807, 2.05) is 25.1 Å². The van der Waals surface area contributed by atoms with Crippen LogP contribution in [0.2, 0.25) is 17.3 Å². The van der Waals surface area contributed by atoms with Crippen LogP contribution in [0.3, 0.4) is 0 Å². The van der Waals surface area contributed by atoms with E-state index in [1.165, 1.54) is 49.0 Å². The number of thiophene rings is 1. The molecule has 0 bridgehead atoms. The van der Waals surface area contributed by atoms with Gasteiger partial charge in [0, 0.05) is 58.8 Å². The van der Waals surface area contributed by atoms with E-state index in [-0.39, 0.29) is 31.9 Å². The van der Waals surface area contributed by atoms with Crippen LogP contribution in [-0.4, -0.2) is 32.8 Å². The summed E-state index contributed by atoms with van der Waals surface area (Å²) in [5.41, 5.74) is 16.8. The van der Waals surface area contributed by atoms with Gasteiger partial charge in [-0.3, -0.25) is 4.98 Å². The third-order valence-electron chi connectivity index (χ3n) is 13.3. The van der Waals surface area contributed by atoms with Gasteiger partial charge in [-0.1, -0.05) is 105 Å². The molecular weight excluding hydrogens is 1130 g/mol. The van der Waals surface area contributed by atoms with Crippen LogP contribution in [0.1, 0.15) is 75.8 Å². The van der Waals surface area contributed by atoms with Crippen LogP contribution in [0.15, 0.2) is 156 Å². The first-order valence-corrected chi connectivity index (χ1v) is 32.8. The molecule has 0 saturated heterocycles. The van der Waals surface area contributed by atoms with Gasteiger partial charge in [0.1, 0.15) is 4.83 Å². The van der Waals surface area contributed by atoms with E-state index in [4.69, 9.17) is 19.4 Å². The summed E-state index contributed by atoms with van der Waals surface area (Å²) in [5, 5.41) is 3.42. The summed E-state index contributed by atoms with van der Waals surface area (Å²) in [7, 11) is 0. The fourth-order valence-electron chi connectivity index (χ4n) is 9.77. The SMILES string of the molecule is CC(C)Cc1cc(-c2[c-]cccc2)nc[c]1[Ge]([CH3])([CH3])[CH3].Cc1ccc2c(n1)sc1ccc(-c3ccc4o[c-]c(-c5nc6ccccc6n5-c5c(C(C)C)cc(-c6ccccc6)cc5C(C)C)c4c3)cc12.[Ir]. The average molecular weight is 1190 g/mol. The molecule has 5 nitrogen and oxygen atoms in total. The van der Waals surface area contributed by atoms with Crippen molar-refractivity contribution in [3.63, 3.8) is 0 Å². The fourth-order valence-corrected chi connectivity index (χ4v) is 14.2. The molecule has 1 radical (unpaired) electrons. The molecule has 71 heavy (non-hydrogen) atoms. The maximum absolute atomic E-state index is 6.16. The normalized spacial score (nSPS) is 11.8. The Morgan fingerprint density at radius 2 is 1.35 bits per heavy atom. The summed E-state index contributed by atoms with van der Waals surface area (Å²) in [6.07, 6.45) is 6.58. The Morgan fingerprint density at radius 1 is 0.662 bits per heavy atom. The molecule has 0 atom stereocenters. The standard InChI is InChI=1S/C45H36N3OS.C18H24GeN.Ir/c1-26(2)34-23-32(29-11-7-6-8-12-29)24-35(27(3)4)43(34)48-40-14-10-9-13-39(40)47-44(48)38-25-49-41-19-16-30(21-36(38)41)31-17-20-42-37(22-31)33-18-15-28(5)46-45(33)50-42;1-14(2)11-16-12-18(15-9-7-6-8-10-15)20-13-17(16)19(3,4)5;/h6-24,26-27H,1-5H3;6-9,12-14H,11H2,1-5H3;/q2*-1;. The van der Waals surface area contributed by atoms with Gasteiger partial charge in [0.2, 0.25) is 0 Å². The third kappa shape index (κ3) is 10.1. The van der Waals surface area contributed by atoms with Gasteiger partial charge in [-0.2, -0.15) is 0 Å². The molecule has 359 valence electrons. The monoisotopic (exact) mass is 1190 g/mol. The van der Waals surface area contributed by atoms with Crippen LogP contribution >= 0.6 is 11.3 Å². The molecule has 0 aliphatic rings. The van der Waals surface area contributed by atoms with Crippen LogP contribution in [0, 0.1) is 25.2 Å². The second-order valence-corrected chi connectivity index (χ2v) is 32.3. The van der Waals surface area contributed by atoms with E-state index in [9.17, 15) is 0 Å². The van der Waals surface area contributed by atoms with Gasteiger partial charge in [-0.15, -0.1) is 11.3 Å². The molecular formula is C63H60GeIrN4OS-2. The Morgan fingerprint density at radius 3 is 2.04 bits per heavy atom. The smallest absolute Gasteiger partial charge is 0.124 e. The number of hydrogen-bond acceptors (Lipinski definition) is 5. The minimum atomic E-state index is -1.86. The topological polar surface area (TPSA) is 56.7 Å². The van der Waals surface area contributed by atoms with Gasteiger partial charge in [0.25, 0.3) is 0 Å².